The summed E-state index contributed by atoms with van der Waals surface area (Å²) in [7, 11) is 0. The summed E-state index contributed by atoms with van der Waals surface area (Å²) in [6, 6.07) is 3.41. The maximum absolute atomic E-state index is 12.8. The van der Waals surface area contributed by atoms with Crippen molar-refractivity contribution in [1.82, 2.24) is 20.0 Å². The number of ether oxygens (including phenoxy) is 1. The molecule has 0 unspecified atom stereocenters. The Bertz CT molecular complexity index is 714. The fourth-order valence-corrected chi connectivity index (χ4v) is 3.09. The lowest BCUT2D eigenvalue weighted by Gasteiger charge is -2.37. The van der Waals surface area contributed by atoms with Gasteiger partial charge in [0, 0.05) is 24.9 Å². The Balaban J connectivity index is 1.55. The maximum Gasteiger partial charge on any atom is 0.252 e. The third-order valence-electron chi connectivity index (χ3n) is 4.54. The van der Waals surface area contributed by atoms with E-state index in [0.29, 0.717) is 31.4 Å². The van der Waals surface area contributed by atoms with Crippen LogP contribution in [-0.2, 0) is 16.0 Å². The van der Waals surface area contributed by atoms with Gasteiger partial charge in [-0.15, -0.1) is 0 Å². The van der Waals surface area contributed by atoms with E-state index in [1.54, 1.807) is 17.3 Å². The van der Waals surface area contributed by atoms with Crippen molar-refractivity contribution in [2.45, 2.75) is 44.2 Å². The van der Waals surface area contributed by atoms with E-state index in [4.69, 9.17) is 9.26 Å². The Morgan fingerprint density at radius 2 is 2.29 bits per heavy atom. The van der Waals surface area contributed by atoms with Crippen molar-refractivity contribution in [2.75, 3.05) is 13.2 Å². The maximum atomic E-state index is 12.8. The van der Waals surface area contributed by atoms with Gasteiger partial charge in [-0.2, -0.15) is 4.98 Å². The minimum absolute atomic E-state index is 0.0225. The smallest absolute Gasteiger partial charge is 0.252 e. The van der Waals surface area contributed by atoms with E-state index in [0.717, 1.165) is 24.2 Å². The fourth-order valence-electron chi connectivity index (χ4n) is 3.09. The number of hydrogen-bond donors (Lipinski definition) is 0. The summed E-state index contributed by atoms with van der Waals surface area (Å²) in [5.74, 6) is 1.67. The van der Waals surface area contributed by atoms with Crippen molar-refractivity contribution in [3.8, 4) is 0 Å². The summed E-state index contributed by atoms with van der Waals surface area (Å²) in [5.41, 5.74) is 0.893. The molecular formula is C17H20N4O3. The highest BCUT2D eigenvalue weighted by atomic mass is 16.5. The van der Waals surface area contributed by atoms with Crippen LogP contribution in [-0.4, -0.2) is 45.2 Å². The molecule has 0 aromatic carbocycles. The minimum Gasteiger partial charge on any atom is -0.374 e. The molecule has 1 saturated heterocycles. The second kappa shape index (κ2) is 6.32. The molecule has 1 aliphatic heterocycles. The number of carbonyl (C=O) groups excluding carboxylic acids is 1. The van der Waals surface area contributed by atoms with E-state index in [-0.39, 0.29) is 18.1 Å². The molecular weight excluding hydrogens is 308 g/mol. The average molecular weight is 328 g/mol. The molecule has 4 rings (SSSR count). The Morgan fingerprint density at radius 3 is 3.04 bits per heavy atom. The van der Waals surface area contributed by atoms with E-state index in [9.17, 15) is 4.79 Å². The van der Waals surface area contributed by atoms with Crippen molar-refractivity contribution in [3.63, 3.8) is 0 Å². The average Bonchev–Trinajstić information content (AvgIpc) is 3.33. The highest BCUT2D eigenvalue weighted by molar-refractivity contribution is 5.79. The third kappa shape index (κ3) is 3.03. The lowest BCUT2D eigenvalue weighted by molar-refractivity contribution is -0.146. The van der Waals surface area contributed by atoms with Gasteiger partial charge < -0.3 is 14.2 Å². The molecule has 7 nitrogen and oxygen atoms in total. The zero-order valence-corrected chi connectivity index (χ0v) is 13.6. The first kappa shape index (κ1) is 15.3. The lowest BCUT2D eigenvalue weighted by Crippen LogP contribution is -2.48. The van der Waals surface area contributed by atoms with E-state index < -0.39 is 0 Å². The van der Waals surface area contributed by atoms with E-state index >= 15 is 0 Å². The lowest BCUT2D eigenvalue weighted by atomic mass is 10.1. The number of pyridine rings is 1. The Labute approximate surface area is 140 Å². The monoisotopic (exact) mass is 328 g/mol. The van der Waals surface area contributed by atoms with Gasteiger partial charge in [0.05, 0.1) is 19.1 Å². The summed E-state index contributed by atoms with van der Waals surface area (Å²) in [6.45, 7) is 2.98. The summed E-state index contributed by atoms with van der Waals surface area (Å²) in [4.78, 5) is 23.2. The second-order valence-electron chi connectivity index (χ2n) is 6.41. The topological polar surface area (TPSA) is 81.4 Å². The van der Waals surface area contributed by atoms with Crippen molar-refractivity contribution in [2.24, 2.45) is 0 Å². The van der Waals surface area contributed by atoms with Crippen LogP contribution in [0.4, 0.5) is 0 Å². The van der Waals surface area contributed by atoms with Gasteiger partial charge in [0.2, 0.25) is 5.91 Å². The van der Waals surface area contributed by atoms with Gasteiger partial charge >= 0.3 is 0 Å². The van der Waals surface area contributed by atoms with Gasteiger partial charge in [0.1, 0.15) is 6.04 Å². The van der Waals surface area contributed by atoms with Crippen LogP contribution in [0, 0.1) is 0 Å². The predicted molar refractivity (Wildman–Crippen MR) is 84.1 cm³/mol. The number of rotatable bonds is 4. The highest BCUT2D eigenvalue weighted by Gasteiger charge is 2.39. The molecule has 2 aromatic heterocycles. The van der Waals surface area contributed by atoms with Crippen LogP contribution >= 0.6 is 0 Å². The summed E-state index contributed by atoms with van der Waals surface area (Å²) < 4.78 is 11.2. The van der Waals surface area contributed by atoms with Crippen LogP contribution in [0.15, 0.2) is 29.0 Å². The number of carbonyl (C=O) groups is 1. The van der Waals surface area contributed by atoms with Crippen LogP contribution in [0.5, 0.6) is 0 Å². The number of nitrogens with zero attached hydrogens (tertiary/aromatic N) is 4. The summed E-state index contributed by atoms with van der Waals surface area (Å²) in [5, 5.41) is 4.08. The Hall–Kier alpha value is -2.28. The van der Waals surface area contributed by atoms with Crippen LogP contribution in [0.1, 0.15) is 49.0 Å². The molecule has 1 aliphatic carbocycles. The van der Waals surface area contributed by atoms with Gasteiger partial charge in [-0.1, -0.05) is 11.2 Å². The van der Waals surface area contributed by atoms with E-state index in [1.165, 1.54) is 0 Å². The van der Waals surface area contributed by atoms with E-state index in [2.05, 4.69) is 15.1 Å². The van der Waals surface area contributed by atoms with Crippen molar-refractivity contribution >= 4 is 5.91 Å². The van der Waals surface area contributed by atoms with Crippen molar-refractivity contribution in [3.05, 3.63) is 41.8 Å². The van der Waals surface area contributed by atoms with Gasteiger partial charge in [0.25, 0.3) is 5.89 Å². The molecule has 24 heavy (non-hydrogen) atoms. The molecule has 126 valence electrons. The Kier molecular flexibility index (Phi) is 4.02. The summed E-state index contributed by atoms with van der Waals surface area (Å²) >= 11 is 0. The molecule has 2 aromatic rings. The number of morpholine rings is 1. The van der Waals surface area contributed by atoms with Crippen molar-refractivity contribution < 1.29 is 14.1 Å². The Morgan fingerprint density at radius 1 is 1.42 bits per heavy atom. The predicted octanol–water partition coefficient (Wildman–Crippen LogP) is 1.87. The first-order chi connectivity index (χ1) is 11.7. The molecule has 7 heteroatoms. The van der Waals surface area contributed by atoms with Gasteiger partial charge in [0.15, 0.2) is 5.82 Å². The standard InChI is InChI=1S/C17H20N4O3/c1-11-15(17-19-16(20-24-17)13-4-5-13)21(7-8-23-11)14(22)9-12-3-2-6-18-10-12/h2-3,6,10-11,13,15H,4-5,7-9H2,1H3/t11-,15+/m1/s1. The molecule has 3 heterocycles. The molecule has 0 spiro atoms. The minimum atomic E-state index is -0.331. The highest BCUT2D eigenvalue weighted by Crippen LogP contribution is 2.39. The van der Waals surface area contributed by atoms with Crippen LogP contribution in [0.3, 0.4) is 0 Å². The quantitative estimate of drug-likeness (QED) is 0.852. The molecule has 2 aliphatic rings. The molecule has 0 N–H and O–H groups in total. The van der Waals surface area contributed by atoms with Gasteiger partial charge in [-0.3, -0.25) is 9.78 Å². The van der Waals surface area contributed by atoms with Crippen LogP contribution in [0.25, 0.3) is 0 Å². The first-order valence-corrected chi connectivity index (χ1v) is 8.36. The van der Waals surface area contributed by atoms with Crippen LogP contribution in [0.2, 0.25) is 0 Å². The van der Waals surface area contributed by atoms with Gasteiger partial charge in [-0.25, -0.2) is 0 Å². The summed E-state index contributed by atoms with van der Waals surface area (Å²) in [6.07, 6.45) is 5.77. The largest absolute Gasteiger partial charge is 0.374 e. The fraction of sp³-hybridized carbons (Fsp3) is 0.529. The molecule has 1 saturated carbocycles. The van der Waals surface area contributed by atoms with Gasteiger partial charge in [-0.05, 0) is 31.4 Å². The second-order valence-corrected chi connectivity index (χ2v) is 6.41. The number of hydrogen-bond acceptors (Lipinski definition) is 6. The first-order valence-electron chi connectivity index (χ1n) is 8.36. The molecule has 0 radical (unpaired) electrons. The number of amides is 1. The molecule has 0 bridgehead atoms. The SMILES string of the molecule is C[C@H]1OCCN(C(=O)Cc2cccnc2)[C@@H]1c1nc(C2CC2)no1. The number of aromatic nitrogens is 3. The normalized spacial score (nSPS) is 24.1. The molecule has 2 fully saturated rings. The zero-order valence-electron chi connectivity index (χ0n) is 13.6. The molecule has 2 atom stereocenters. The van der Waals surface area contributed by atoms with E-state index in [1.807, 2.05) is 19.1 Å². The molecule has 1 amide bonds. The third-order valence-corrected chi connectivity index (χ3v) is 4.54. The zero-order chi connectivity index (χ0) is 16.5. The van der Waals surface area contributed by atoms with Crippen LogP contribution < -0.4 is 0 Å². The van der Waals surface area contributed by atoms with Crippen molar-refractivity contribution in [1.29, 1.82) is 0 Å².